The Kier molecular flexibility index (Phi) is 17.8. The summed E-state index contributed by atoms with van der Waals surface area (Å²) in [6, 6.07) is 4.16. The number of ether oxygens (including phenoxy) is 10. The van der Waals surface area contributed by atoms with E-state index in [1.807, 2.05) is 13.8 Å². The monoisotopic (exact) mass is 1060 g/mol. The Bertz CT molecular complexity index is 2210. The third kappa shape index (κ3) is 10.9. The van der Waals surface area contributed by atoms with Crippen molar-refractivity contribution in [2.24, 2.45) is 40.4 Å². The van der Waals surface area contributed by atoms with E-state index in [1.54, 1.807) is 6.92 Å². The number of hydrogen-bond acceptors (Lipinski definition) is 21. The van der Waals surface area contributed by atoms with Crippen LogP contribution < -0.4 is 9.47 Å². The molecule has 0 bridgehead atoms. The molecule has 3 aliphatic heterocycles. The number of fused-ring (bicyclic) bond motifs is 5. The van der Waals surface area contributed by atoms with Gasteiger partial charge in [0.2, 0.25) is 0 Å². The molecule has 4 aliphatic carbocycles. The minimum atomic E-state index is -1.88. The normalized spacial score (nSPS) is 43.1. The summed E-state index contributed by atoms with van der Waals surface area (Å²) in [7, 11) is 2.77. The van der Waals surface area contributed by atoms with Gasteiger partial charge in [-0.15, -0.1) is 0 Å². The van der Waals surface area contributed by atoms with Gasteiger partial charge in [-0.05, 0) is 98.7 Å². The Morgan fingerprint density at radius 3 is 2.17 bits per heavy atom. The highest BCUT2D eigenvalue weighted by Crippen LogP contribution is 2.69. The summed E-state index contributed by atoms with van der Waals surface area (Å²) < 4.78 is 59.6. The van der Waals surface area contributed by atoms with E-state index in [4.69, 9.17) is 47.4 Å². The van der Waals surface area contributed by atoms with Crippen LogP contribution in [-0.4, -0.2) is 190 Å². The summed E-state index contributed by atoms with van der Waals surface area (Å²) in [4.78, 5) is 41.4. The molecule has 3 saturated carbocycles. The molecule has 3 saturated heterocycles. The number of ketones is 1. The van der Waals surface area contributed by atoms with Gasteiger partial charge in [0.1, 0.15) is 60.2 Å². The number of Topliss-reactive ketones (excluding diaryl/α,β-unsaturated/α-hetero) is 1. The van der Waals surface area contributed by atoms with Crippen LogP contribution in [-0.2, 0) is 47.5 Å². The van der Waals surface area contributed by atoms with Crippen molar-refractivity contribution in [3.8, 4) is 11.5 Å². The Labute approximate surface area is 437 Å². The van der Waals surface area contributed by atoms with Gasteiger partial charge in [-0.2, -0.15) is 0 Å². The number of carbonyl (C=O) groups is 3. The van der Waals surface area contributed by atoms with Gasteiger partial charge in [-0.1, -0.05) is 46.3 Å². The second-order valence-corrected chi connectivity index (χ2v) is 22.9. The summed E-state index contributed by atoms with van der Waals surface area (Å²) in [6.45, 7) is 9.53. The van der Waals surface area contributed by atoms with Gasteiger partial charge in [-0.3, -0.25) is 9.59 Å². The van der Waals surface area contributed by atoms with Gasteiger partial charge in [0, 0.05) is 24.7 Å². The molecule has 0 unspecified atom stereocenters. The minimum absolute atomic E-state index is 0.0641. The topological polar surface area (TPSA) is 305 Å². The smallest absolute Gasteiger partial charge is 0.338 e. The lowest BCUT2D eigenvalue weighted by molar-refractivity contribution is -0.362. The largest absolute Gasteiger partial charge is 0.493 e. The molecule has 0 spiro atoms. The Hall–Kier alpha value is -3.39. The van der Waals surface area contributed by atoms with Crippen LogP contribution in [0.1, 0.15) is 110 Å². The number of methoxy groups -OCH3 is 2. The van der Waals surface area contributed by atoms with Crippen LogP contribution in [0.4, 0.5) is 0 Å². The lowest BCUT2D eigenvalue weighted by atomic mass is 9.46. The van der Waals surface area contributed by atoms with E-state index in [2.05, 4.69) is 19.9 Å². The summed E-state index contributed by atoms with van der Waals surface area (Å²) >= 11 is 0. The minimum Gasteiger partial charge on any atom is -0.493 e. The molecule has 422 valence electrons. The molecule has 21 heteroatoms. The van der Waals surface area contributed by atoms with E-state index >= 15 is 0 Å². The second kappa shape index (κ2) is 23.1. The van der Waals surface area contributed by atoms with Gasteiger partial charge < -0.3 is 88.2 Å². The molecule has 0 radical (unpaired) electrons. The van der Waals surface area contributed by atoms with Crippen molar-refractivity contribution >= 4 is 17.7 Å². The summed E-state index contributed by atoms with van der Waals surface area (Å²) in [5.74, 6) is -1.92. The van der Waals surface area contributed by atoms with Gasteiger partial charge in [0.05, 0.1) is 51.8 Å². The average Bonchev–Trinajstić information content (AvgIpc) is 3.70. The highest BCUT2D eigenvalue weighted by molar-refractivity contribution is 5.90. The lowest BCUT2D eigenvalue weighted by Crippen LogP contribution is -2.65. The van der Waals surface area contributed by atoms with Gasteiger partial charge in [0.25, 0.3) is 0 Å². The first-order valence-corrected chi connectivity index (χ1v) is 26.6. The number of carbonyl (C=O) groups excluding carboxylic acids is 3. The van der Waals surface area contributed by atoms with Crippen molar-refractivity contribution in [1.29, 1.82) is 0 Å². The molecule has 8 rings (SSSR count). The van der Waals surface area contributed by atoms with Crippen LogP contribution in [0.15, 0.2) is 29.8 Å². The van der Waals surface area contributed by atoms with E-state index in [0.717, 1.165) is 26.2 Å². The van der Waals surface area contributed by atoms with E-state index < -0.39 is 135 Å². The molecule has 21 nitrogen and oxygen atoms in total. The van der Waals surface area contributed by atoms with E-state index in [9.17, 15) is 55.2 Å². The number of benzene rings is 1. The number of aliphatic hydroxyl groups excluding tert-OH is 7. The Balaban J connectivity index is 1.10. The standard InChI is InChI=1S/C54H80O21/c1-25(2)9-13-34(58)26(3)54(65)40(21-33-31-12-11-29-20-30(57)15-17-52(29,5)32(31)16-18-53(33,54)6)73-51-47(70-27(4)56)45(35(59)23-68-51)75-50-46(74-48(64)28-10-14-36(66-7)37(19-28)67-8)42(61)39(24-69-50)72-49-44(63)43(62)41(60)38(22-55)71-49/h10-11,14,19,25-26,30-33,35,38-47,49-51,55,57,59-63,65H,9,12-13,15-18,20-24H2,1-8H3/t26-,30+,31-,32+,33+,35+,38+,39-,40+,41-,42+,43-,44-,45+,46-,47-,49-,50+,51+,52+,53+,54-/m1/s1. The Morgan fingerprint density at radius 1 is 0.787 bits per heavy atom. The molecule has 22 atom stereocenters. The van der Waals surface area contributed by atoms with Crippen LogP contribution in [0.3, 0.4) is 0 Å². The highest BCUT2D eigenvalue weighted by atomic mass is 16.8. The first-order chi connectivity index (χ1) is 35.5. The molecule has 75 heavy (non-hydrogen) atoms. The maximum Gasteiger partial charge on any atom is 0.338 e. The predicted molar refractivity (Wildman–Crippen MR) is 260 cm³/mol. The predicted octanol–water partition coefficient (Wildman–Crippen LogP) is 1.86. The van der Waals surface area contributed by atoms with Crippen molar-refractivity contribution in [3.63, 3.8) is 0 Å². The molecule has 6 fully saturated rings. The molecular formula is C54H80O21. The lowest BCUT2D eigenvalue weighted by Gasteiger charge is -2.59. The van der Waals surface area contributed by atoms with Crippen LogP contribution in [0.5, 0.6) is 11.5 Å². The van der Waals surface area contributed by atoms with Crippen molar-refractivity contribution in [2.75, 3.05) is 34.0 Å². The summed E-state index contributed by atoms with van der Waals surface area (Å²) in [6.07, 6.45) is -15.4. The molecule has 0 aromatic heterocycles. The third-order valence-corrected chi connectivity index (χ3v) is 18.2. The molecule has 1 aromatic rings. The van der Waals surface area contributed by atoms with Crippen molar-refractivity contribution in [2.45, 2.75) is 197 Å². The van der Waals surface area contributed by atoms with Crippen molar-refractivity contribution in [1.82, 2.24) is 0 Å². The molecule has 1 aromatic carbocycles. The Morgan fingerprint density at radius 2 is 1.49 bits per heavy atom. The first kappa shape index (κ1) is 57.8. The van der Waals surface area contributed by atoms with Gasteiger partial charge in [-0.25, -0.2) is 4.79 Å². The molecule has 8 N–H and O–H groups in total. The van der Waals surface area contributed by atoms with Crippen molar-refractivity contribution in [3.05, 3.63) is 35.4 Å². The fraction of sp³-hybridized carbons (Fsp3) is 0.796. The summed E-state index contributed by atoms with van der Waals surface area (Å²) in [5, 5.41) is 89.5. The van der Waals surface area contributed by atoms with E-state index in [1.165, 1.54) is 38.0 Å². The maximum absolute atomic E-state index is 14.3. The van der Waals surface area contributed by atoms with E-state index in [0.29, 0.717) is 37.9 Å². The van der Waals surface area contributed by atoms with Crippen LogP contribution >= 0.6 is 0 Å². The van der Waals surface area contributed by atoms with Gasteiger partial charge in [0.15, 0.2) is 42.6 Å². The quantitative estimate of drug-likeness (QED) is 0.0816. The highest BCUT2D eigenvalue weighted by Gasteiger charge is 2.71. The molecule has 0 amide bonds. The van der Waals surface area contributed by atoms with Crippen LogP contribution in [0, 0.1) is 40.4 Å². The number of hydrogen-bond donors (Lipinski definition) is 8. The SMILES string of the molecule is COc1ccc(C(=O)O[C@H]2[C@H](O[C@@H]3[C@@H](OC(C)=O)[C@H](O[C@H]4C[C@H]5[C@@H]6CC=C7C[C@@H](O)CC[C@]7(C)[C@H]6CC[C@]5(C)[C@@]4(O)[C@H](C)C(=O)CCC(C)C)OC[C@@H]3O)OC[C@@H](O[C@H]3O[C@@H](CO)[C@@H](O)[C@@H](O)[C@H]3O)[C@@H]2O)cc1OC. The van der Waals surface area contributed by atoms with Gasteiger partial charge >= 0.3 is 11.9 Å². The number of rotatable bonds is 17. The zero-order valence-corrected chi connectivity index (χ0v) is 44.2. The number of aliphatic hydroxyl groups is 8. The van der Waals surface area contributed by atoms with E-state index in [-0.39, 0.29) is 58.7 Å². The maximum atomic E-state index is 14.3. The second-order valence-electron chi connectivity index (χ2n) is 22.9. The van der Waals surface area contributed by atoms with Crippen molar-refractivity contribution < 1.29 is 103 Å². The molecule has 7 aliphatic rings. The van der Waals surface area contributed by atoms with Crippen LogP contribution in [0.2, 0.25) is 0 Å². The zero-order valence-electron chi connectivity index (χ0n) is 44.2. The average molecular weight is 1070 g/mol. The number of esters is 2. The first-order valence-electron chi connectivity index (χ1n) is 26.6. The number of allylic oxidation sites excluding steroid dienone is 1. The molecule has 3 heterocycles. The molecular weight excluding hydrogens is 985 g/mol. The third-order valence-electron chi connectivity index (χ3n) is 18.2. The summed E-state index contributed by atoms with van der Waals surface area (Å²) in [5.41, 5.74) is -1.50. The van der Waals surface area contributed by atoms with Crippen LogP contribution in [0.25, 0.3) is 0 Å². The fourth-order valence-corrected chi connectivity index (χ4v) is 13.8. The zero-order chi connectivity index (χ0) is 54.5. The fourth-order valence-electron chi connectivity index (χ4n) is 13.8.